The first-order chi connectivity index (χ1) is 14.6. The van der Waals surface area contributed by atoms with Crippen LogP contribution in [0.5, 0.6) is 11.5 Å². The molecule has 30 heavy (non-hydrogen) atoms. The van der Waals surface area contributed by atoms with Crippen molar-refractivity contribution < 1.29 is 9.47 Å². The lowest BCUT2D eigenvalue weighted by Gasteiger charge is -2.14. The minimum Gasteiger partial charge on any atom is -0.493 e. The number of anilines is 1. The van der Waals surface area contributed by atoms with Crippen molar-refractivity contribution in [3.05, 3.63) is 100 Å². The van der Waals surface area contributed by atoms with Gasteiger partial charge in [0.25, 0.3) is 0 Å². The molecule has 0 unspecified atom stereocenters. The van der Waals surface area contributed by atoms with Crippen molar-refractivity contribution >= 4 is 39.7 Å². The Bertz CT molecular complexity index is 1170. The Morgan fingerprint density at radius 2 is 1.57 bits per heavy atom. The molecule has 0 fully saturated rings. The molecular weight excluding hydrogens is 417 g/mol. The number of benzene rings is 4. The SMILES string of the molecule is COc1cc(CNc2cccc3ccccc23)ccc1OCc1ccc(Cl)c(Cl)c1. The van der Waals surface area contributed by atoms with E-state index in [1.807, 2.05) is 30.3 Å². The van der Waals surface area contributed by atoms with Crippen LogP contribution in [-0.2, 0) is 13.2 Å². The van der Waals surface area contributed by atoms with E-state index >= 15 is 0 Å². The number of nitrogens with one attached hydrogen (secondary N) is 1. The largest absolute Gasteiger partial charge is 0.493 e. The van der Waals surface area contributed by atoms with Crippen LogP contribution in [-0.4, -0.2) is 7.11 Å². The van der Waals surface area contributed by atoms with Gasteiger partial charge in [-0.15, -0.1) is 0 Å². The van der Waals surface area contributed by atoms with Gasteiger partial charge in [-0.1, -0.05) is 71.7 Å². The Labute approximate surface area is 186 Å². The number of fused-ring (bicyclic) bond motifs is 1. The summed E-state index contributed by atoms with van der Waals surface area (Å²) in [5.41, 5.74) is 3.14. The van der Waals surface area contributed by atoms with E-state index in [-0.39, 0.29) is 0 Å². The van der Waals surface area contributed by atoms with Crippen LogP contribution in [0.1, 0.15) is 11.1 Å². The van der Waals surface area contributed by atoms with E-state index in [4.69, 9.17) is 32.7 Å². The molecule has 1 N–H and O–H groups in total. The summed E-state index contributed by atoms with van der Waals surface area (Å²) < 4.78 is 11.5. The predicted octanol–water partition coefficient (Wildman–Crippen LogP) is 7.35. The van der Waals surface area contributed by atoms with Crippen molar-refractivity contribution in [1.29, 1.82) is 0 Å². The lowest BCUT2D eigenvalue weighted by Crippen LogP contribution is -2.02. The lowest BCUT2D eigenvalue weighted by atomic mass is 10.1. The number of hydrogen-bond donors (Lipinski definition) is 1. The van der Waals surface area contributed by atoms with Crippen molar-refractivity contribution in [2.75, 3.05) is 12.4 Å². The molecule has 0 saturated heterocycles. The van der Waals surface area contributed by atoms with Crippen molar-refractivity contribution in [2.24, 2.45) is 0 Å². The van der Waals surface area contributed by atoms with Crippen molar-refractivity contribution in [3.63, 3.8) is 0 Å². The number of ether oxygens (including phenoxy) is 2. The normalized spacial score (nSPS) is 10.8. The van der Waals surface area contributed by atoms with Crippen LogP contribution in [0, 0.1) is 0 Å². The van der Waals surface area contributed by atoms with Crippen LogP contribution in [0.2, 0.25) is 10.0 Å². The molecule has 152 valence electrons. The minimum atomic E-state index is 0.376. The van der Waals surface area contributed by atoms with Gasteiger partial charge in [0.05, 0.1) is 17.2 Å². The average Bonchev–Trinajstić information content (AvgIpc) is 2.78. The molecule has 4 aromatic rings. The third kappa shape index (κ3) is 4.64. The molecule has 0 bridgehead atoms. The van der Waals surface area contributed by atoms with Crippen molar-refractivity contribution in [1.82, 2.24) is 0 Å². The highest BCUT2D eigenvalue weighted by molar-refractivity contribution is 6.42. The molecule has 0 amide bonds. The summed E-state index contributed by atoms with van der Waals surface area (Å²) in [6, 6.07) is 26.0. The van der Waals surface area contributed by atoms with Crippen LogP contribution in [0.3, 0.4) is 0 Å². The molecule has 4 rings (SSSR count). The molecule has 0 aliphatic rings. The molecular formula is C25H21Cl2NO2. The quantitative estimate of drug-likeness (QED) is 0.327. The molecule has 0 radical (unpaired) electrons. The van der Waals surface area contributed by atoms with Crippen molar-refractivity contribution in [3.8, 4) is 11.5 Å². The maximum atomic E-state index is 6.08. The molecule has 0 atom stereocenters. The number of hydrogen-bond acceptors (Lipinski definition) is 3. The van der Waals surface area contributed by atoms with Gasteiger partial charge in [-0.05, 0) is 46.8 Å². The Balaban J connectivity index is 1.45. The maximum Gasteiger partial charge on any atom is 0.161 e. The van der Waals surface area contributed by atoms with Gasteiger partial charge in [-0.25, -0.2) is 0 Å². The molecule has 0 aliphatic carbocycles. The van der Waals surface area contributed by atoms with E-state index in [1.54, 1.807) is 19.2 Å². The van der Waals surface area contributed by atoms with E-state index in [1.165, 1.54) is 10.8 Å². The zero-order valence-electron chi connectivity index (χ0n) is 16.5. The van der Waals surface area contributed by atoms with Crippen LogP contribution in [0.15, 0.2) is 78.9 Å². The van der Waals surface area contributed by atoms with E-state index < -0.39 is 0 Å². The predicted molar refractivity (Wildman–Crippen MR) is 125 cm³/mol. The monoisotopic (exact) mass is 437 g/mol. The van der Waals surface area contributed by atoms with Crippen LogP contribution in [0.4, 0.5) is 5.69 Å². The molecule has 0 aliphatic heterocycles. The molecule has 0 spiro atoms. The topological polar surface area (TPSA) is 30.5 Å². The highest BCUT2D eigenvalue weighted by atomic mass is 35.5. The first-order valence-electron chi connectivity index (χ1n) is 9.59. The molecule has 4 aromatic carbocycles. The van der Waals surface area contributed by atoms with Gasteiger partial charge >= 0.3 is 0 Å². The highest BCUT2D eigenvalue weighted by Crippen LogP contribution is 2.31. The molecule has 5 heteroatoms. The Morgan fingerprint density at radius 1 is 0.767 bits per heavy atom. The van der Waals surface area contributed by atoms with Crippen LogP contribution < -0.4 is 14.8 Å². The highest BCUT2D eigenvalue weighted by Gasteiger charge is 2.08. The number of halogens is 2. The third-order valence-corrected chi connectivity index (χ3v) is 5.62. The van der Waals surface area contributed by atoms with Crippen LogP contribution in [0.25, 0.3) is 10.8 Å². The summed E-state index contributed by atoms with van der Waals surface area (Å²) in [4.78, 5) is 0. The third-order valence-electron chi connectivity index (χ3n) is 4.88. The lowest BCUT2D eigenvalue weighted by molar-refractivity contribution is 0.284. The number of methoxy groups -OCH3 is 1. The fraction of sp³-hybridized carbons (Fsp3) is 0.120. The Morgan fingerprint density at radius 3 is 2.40 bits per heavy atom. The second-order valence-corrected chi connectivity index (χ2v) is 7.72. The second-order valence-electron chi connectivity index (χ2n) is 6.90. The van der Waals surface area contributed by atoms with Crippen molar-refractivity contribution in [2.45, 2.75) is 13.2 Å². The fourth-order valence-electron chi connectivity index (χ4n) is 3.31. The summed E-state index contributed by atoms with van der Waals surface area (Å²) in [5, 5.41) is 6.98. The minimum absolute atomic E-state index is 0.376. The van der Waals surface area contributed by atoms with Gasteiger partial charge in [-0.2, -0.15) is 0 Å². The zero-order valence-corrected chi connectivity index (χ0v) is 18.0. The average molecular weight is 438 g/mol. The van der Waals surface area contributed by atoms with Gasteiger partial charge in [0, 0.05) is 17.6 Å². The summed E-state index contributed by atoms with van der Waals surface area (Å²) in [7, 11) is 1.64. The smallest absolute Gasteiger partial charge is 0.161 e. The molecule has 3 nitrogen and oxygen atoms in total. The first kappa shape index (κ1) is 20.4. The second kappa shape index (κ2) is 9.29. The maximum absolute atomic E-state index is 6.08. The summed E-state index contributed by atoms with van der Waals surface area (Å²) >= 11 is 12.0. The van der Waals surface area contributed by atoms with E-state index in [0.717, 1.165) is 16.8 Å². The van der Waals surface area contributed by atoms with Crippen LogP contribution >= 0.6 is 23.2 Å². The molecule has 0 aromatic heterocycles. The molecule has 0 saturated carbocycles. The van der Waals surface area contributed by atoms with E-state index in [0.29, 0.717) is 34.7 Å². The first-order valence-corrected chi connectivity index (χ1v) is 10.3. The van der Waals surface area contributed by atoms with E-state index in [2.05, 4.69) is 41.7 Å². The Kier molecular flexibility index (Phi) is 6.32. The summed E-state index contributed by atoms with van der Waals surface area (Å²) in [6.07, 6.45) is 0. The summed E-state index contributed by atoms with van der Waals surface area (Å²) in [5.74, 6) is 1.37. The Hall–Kier alpha value is -2.88. The zero-order chi connectivity index (χ0) is 20.9. The van der Waals surface area contributed by atoms with Gasteiger partial charge in [0.15, 0.2) is 11.5 Å². The number of rotatable bonds is 7. The van der Waals surface area contributed by atoms with Gasteiger partial charge in [0.1, 0.15) is 6.61 Å². The van der Waals surface area contributed by atoms with Gasteiger partial charge < -0.3 is 14.8 Å². The van der Waals surface area contributed by atoms with Gasteiger partial charge in [0.2, 0.25) is 0 Å². The molecule has 0 heterocycles. The fourth-order valence-corrected chi connectivity index (χ4v) is 3.63. The van der Waals surface area contributed by atoms with Gasteiger partial charge in [-0.3, -0.25) is 0 Å². The summed E-state index contributed by atoms with van der Waals surface area (Å²) in [6.45, 7) is 1.05. The van der Waals surface area contributed by atoms with E-state index in [9.17, 15) is 0 Å². The standard InChI is InChI=1S/C25H21Cl2NO2/c1-29-25-14-17(15-28-23-8-4-6-19-5-2-3-7-20(19)23)10-12-24(25)30-16-18-9-11-21(26)22(27)13-18/h2-14,28H,15-16H2,1H3.